The maximum atomic E-state index is 13.4. The van der Waals surface area contributed by atoms with Gasteiger partial charge >= 0.3 is 0 Å². The number of nitrogens with zero attached hydrogens (tertiary/aromatic N) is 3. The summed E-state index contributed by atoms with van der Waals surface area (Å²) in [5.41, 5.74) is 3.02. The number of hydrogen-bond donors (Lipinski definition) is 0. The van der Waals surface area contributed by atoms with Crippen molar-refractivity contribution in [3.8, 4) is 11.4 Å². The molecule has 148 valence electrons. The molecule has 0 spiro atoms. The third-order valence-corrected chi connectivity index (χ3v) is 6.42. The predicted octanol–water partition coefficient (Wildman–Crippen LogP) is 4.43. The highest BCUT2D eigenvalue weighted by Gasteiger charge is 2.43. The fourth-order valence-electron chi connectivity index (χ4n) is 5.01. The van der Waals surface area contributed by atoms with Gasteiger partial charge in [0.1, 0.15) is 5.75 Å². The molecule has 0 N–H and O–H groups in total. The number of benzene rings is 2. The summed E-state index contributed by atoms with van der Waals surface area (Å²) in [4.78, 5) is 15.5. The van der Waals surface area contributed by atoms with Gasteiger partial charge in [-0.3, -0.25) is 4.79 Å². The maximum Gasteiger partial charge on any atom is 0.254 e. The van der Waals surface area contributed by atoms with Crippen LogP contribution in [0.1, 0.15) is 47.5 Å². The summed E-state index contributed by atoms with van der Waals surface area (Å²) in [5, 5.41) is 4.28. The van der Waals surface area contributed by atoms with E-state index in [1.165, 1.54) is 5.56 Å². The average Bonchev–Trinajstić information content (AvgIpc) is 3.40. The van der Waals surface area contributed by atoms with Crippen molar-refractivity contribution >= 4 is 5.91 Å². The SMILES string of the molecule is COc1ccc(C2C[C@H]3CC[C@@H](C2)N3C(=O)c2cccc(-n3cccn3)c2)cc1. The van der Waals surface area contributed by atoms with E-state index < -0.39 is 0 Å². The van der Waals surface area contributed by atoms with Crippen molar-refractivity contribution in [3.05, 3.63) is 78.1 Å². The Balaban J connectivity index is 1.35. The molecule has 5 rings (SSSR count). The molecule has 3 aromatic rings. The second-order valence-corrected chi connectivity index (χ2v) is 8.04. The lowest BCUT2D eigenvalue weighted by molar-refractivity contribution is 0.0571. The van der Waals surface area contributed by atoms with E-state index in [-0.39, 0.29) is 5.91 Å². The molecule has 3 heterocycles. The Labute approximate surface area is 170 Å². The average molecular weight is 387 g/mol. The Kier molecular flexibility index (Phi) is 4.58. The minimum Gasteiger partial charge on any atom is -0.497 e. The standard InChI is InChI=1S/C24H25N3O2/c1-29-23-10-6-17(7-11-23)19-15-21-8-9-22(16-19)27(21)24(28)18-4-2-5-20(14-18)26-13-3-12-25-26/h2-7,10-14,19,21-22H,8-9,15-16H2,1H3/t19?,21-,22+. The fourth-order valence-corrected chi connectivity index (χ4v) is 5.01. The summed E-state index contributed by atoms with van der Waals surface area (Å²) in [5.74, 6) is 1.55. The lowest BCUT2D eigenvalue weighted by Gasteiger charge is -2.39. The first-order valence-corrected chi connectivity index (χ1v) is 10.3. The second kappa shape index (κ2) is 7.39. The molecule has 0 radical (unpaired) electrons. The van der Waals surface area contributed by atoms with Crippen LogP contribution >= 0.6 is 0 Å². The third-order valence-electron chi connectivity index (χ3n) is 6.42. The summed E-state index contributed by atoms with van der Waals surface area (Å²) in [6.45, 7) is 0. The molecule has 2 aromatic carbocycles. The Morgan fingerprint density at radius 2 is 1.79 bits per heavy atom. The largest absolute Gasteiger partial charge is 0.497 e. The first-order valence-electron chi connectivity index (χ1n) is 10.3. The molecule has 2 aliphatic heterocycles. The minimum absolute atomic E-state index is 0.152. The first kappa shape index (κ1) is 18.0. The summed E-state index contributed by atoms with van der Waals surface area (Å²) in [6, 6.07) is 18.7. The van der Waals surface area contributed by atoms with E-state index in [2.05, 4.69) is 22.1 Å². The van der Waals surface area contributed by atoms with Crippen LogP contribution < -0.4 is 4.74 Å². The van der Waals surface area contributed by atoms with Gasteiger partial charge in [0.15, 0.2) is 0 Å². The third kappa shape index (κ3) is 3.31. The molecule has 2 aliphatic rings. The van der Waals surface area contributed by atoms with Crippen LogP contribution in [-0.2, 0) is 0 Å². The van der Waals surface area contributed by atoms with Crippen LogP contribution in [0, 0.1) is 0 Å². The van der Waals surface area contributed by atoms with Gasteiger partial charge in [0.2, 0.25) is 0 Å². The molecule has 1 aromatic heterocycles. The number of hydrogen-bond acceptors (Lipinski definition) is 3. The quantitative estimate of drug-likeness (QED) is 0.665. The number of methoxy groups -OCH3 is 1. The Bertz CT molecular complexity index is 983. The number of amides is 1. The molecule has 5 nitrogen and oxygen atoms in total. The van der Waals surface area contributed by atoms with E-state index in [0.29, 0.717) is 18.0 Å². The summed E-state index contributed by atoms with van der Waals surface area (Å²) < 4.78 is 7.08. The Hall–Kier alpha value is -3.08. The zero-order valence-corrected chi connectivity index (χ0v) is 16.6. The van der Waals surface area contributed by atoms with Gasteiger partial charge in [-0.2, -0.15) is 5.10 Å². The molecular weight excluding hydrogens is 362 g/mol. The molecule has 0 saturated carbocycles. The lowest BCUT2D eigenvalue weighted by Crippen LogP contribution is -2.46. The van der Waals surface area contributed by atoms with Crippen LogP contribution in [0.5, 0.6) is 5.75 Å². The molecular formula is C24H25N3O2. The Morgan fingerprint density at radius 1 is 1.03 bits per heavy atom. The van der Waals surface area contributed by atoms with Crippen LogP contribution in [-0.4, -0.2) is 39.8 Å². The van der Waals surface area contributed by atoms with Crippen molar-refractivity contribution < 1.29 is 9.53 Å². The van der Waals surface area contributed by atoms with Gasteiger partial charge in [-0.1, -0.05) is 18.2 Å². The van der Waals surface area contributed by atoms with Crippen LogP contribution in [0.4, 0.5) is 0 Å². The van der Waals surface area contributed by atoms with Gasteiger partial charge in [0.25, 0.3) is 5.91 Å². The topological polar surface area (TPSA) is 47.4 Å². The number of fused-ring (bicyclic) bond motifs is 2. The number of rotatable bonds is 4. The molecule has 2 fully saturated rings. The normalized spacial score (nSPS) is 23.2. The molecule has 2 bridgehead atoms. The number of ether oxygens (including phenoxy) is 1. The smallest absolute Gasteiger partial charge is 0.254 e. The van der Waals surface area contributed by atoms with Crippen LogP contribution in [0.3, 0.4) is 0 Å². The second-order valence-electron chi connectivity index (χ2n) is 8.04. The number of aromatic nitrogens is 2. The zero-order chi connectivity index (χ0) is 19.8. The van der Waals surface area contributed by atoms with E-state index in [1.807, 2.05) is 48.7 Å². The van der Waals surface area contributed by atoms with Crippen molar-refractivity contribution in [1.82, 2.24) is 14.7 Å². The molecule has 5 heteroatoms. The minimum atomic E-state index is 0.152. The van der Waals surface area contributed by atoms with Gasteiger partial charge in [-0.25, -0.2) is 4.68 Å². The molecule has 1 amide bonds. The number of piperidine rings is 1. The molecule has 3 atom stereocenters. The monoisotopic (exact) mass is 387 g/mol. The number of carbonyl (C=O) groups excluding carboxylic acids is 1. The van der Waals surface area contributed by atoms with Crippen molar-refractivity contribution in [2.75, 3.05) is 7.11 Å². The fraction of sp³-hybridized carbons (Fsp3) is 0.333. The van der Waals surface area contributed by atoms with E-state index in [9.17, 15) is 4.79 Å². The van der Waals surface area contributed by atoms with Gasteiger partial charge in [0.05, 0.1) is 12.8 Å². The number of carbonyl (C=O) groups is 1. The van der Waals surface area contributed by atoms with E-state index in [0.717, 1.165) is 42.7 Å². The molecule has 0 aliphatic carbocycles. The van der Waals surface area contributed by atoms with Crippen LogP contribution in [0.2, 0.25) is 0 Å². The van der Waals surface area contributed by atoms with Gasteiger partial charge in [0, 0.05) is 30.0 Å². The van der Waals surface area contributed by atoms with E-state index in [1.54, 1.807) is 18.0 Å². The zero-order valence-electron chi connectivity index (χ0n) is 16.6. The lowest BCUT2D eigenvalue weighted by atomic mass is 9.84. The van der Waals surface area contributed by atoms with Crippen molar-refractivity contribution in [3.63, 3.8) is 0 Å². The summed E-state index contributed by atoms with van der Waals surface area (Å²) in [7, 11) is 1.70. The highest BCUT2D eigenvalue weighted by Crippen LogP contribution is 2.44. The van der Waals surface area contributed by atoms with Crippen LogP contribution in [0.15, 0.2) is 67.0 Å². The Morgan fingerprint density at radius 3 is 2.45 bits per heavy atom. The van der Waals surface area contributed by atoms with Crippen molar-refractivity contribution in [2.24, 2.45) is 0 Å². The van der Waals surface area contributed by atoms with E-state index >= 15 is 0 Å². The van der Waals surface area contributed by atoms with Gasteiger partial charge < -0.3 is 9.64 Å². The van der Waals surface area contributed by atoms with Crippen LogP contribution in [0.25, 0.3) is 5.69 Å². The summed E-state index contributed by atoms with van der Waals surface area (Å²) >= 11 is 0. The molecule has 2 saturated heterocycles. The van der Waals surface area contributed by atoms with E-state index in [4.69, 9.17) is 4.74 Å². The highest BCUT2D eigenvalue weighted by atomic mass is 16.5. The van der Waals surface area contributed by atoms with Gasteiger partial charge in [-0.05, 0) is 73.6 Å². The molecule has 29 heavy (non-hydrogen) atoms. The summed E-state index contributed by atoms with van der Waals surface area (Å²) in [6.07, 6.45) is 7.91. The van der Waals surface area contributed by atoms with Gasteiger partial charge in [-0.15, -0.1) is 0 Å². The maximum absolute atomic E-state index is 13.4. The van der Waals surface area contributed by atoms with Crippen molar-refractivity contribution in [1.29, 1.82) is 0 Å². The predicted molar refractivity (Wildman–Crippen MR) is 112 cm³/mol. The highest BCUT2D eigenvalue weighted by molar-refractivity contribution is 5.95. The first-order chi connectivity index (χ1) is 14.2. The molecule has 1 unspecified atom stereocenters. The van der Waals surface area contributed by atoms with Crippen molar-refractivity contribution in [2.45, 2.75) is 43.7 Å².